The van der Waals surface area contributed by atoms with E-state index in [-0.39, 0.29) is 52.2 Å². The quantitative estimate of drug-likeness (QED) is 0.432. The third-order valence-electron chi connectivity index (χ3n) is 4.16. The van der Waals surface area contributed by atoms with E-state index in [0.717, 1.165) is 29.2 Å². The number of halogens is 1. The van der Waals surface area contributed by atoms with Crippen molar-refractivity contribution in [1.82, 2.24) is 9.80 Å². The molecule has 0 unspecified atom stereocenters. The number of hydrogen-bond donors (Lipinski definition) is 0. The molecule has 142 valence electrons. The number of nitro benzene ring substituents is 2. The van der Waals surface area contributed by atoms with Gasteiger partial charge in [-0.25, -0.2) is 0 Å². The van der Waals surface area contributed by atoms with Crippen molar-refractivity contribution in [1.29, 1.82) is 0 Å². The van der Waals surface area contributed by atoms with Crippen molar-refractivity contribution in [3.05, 3.63) is 55.6 Å². The lowest BCUT2D eigenvalue weighted by molar-refractivity contribution is -0.385. The van der Waals surface area contributed by atoms with Gasteiger partial charge in [0.15, 0.2) is 0 Å². The number of carbonyl (C=O) groups excluding carboxylic acids is 2. The van der Waals surface area contributed by atoms with E-state index in [4.69, 9.17) is 0 Å². The molecule has 1 heterocycles. The Morgan fingerprint density at radius 1 is 0.926 bits per heavy atom. The van der Waals surface area contributed by atoms with Crippen LogP contribution >= 0.6 is 12.4 Å². The summed E-state index contributed by atoms with van der Waals surface area (Å²) in [6, 6.07) is 4.47. The Morgan fingerprint density at radius 3 is 1.74 bits per heavy atom. The summed E-state index contributed by atoms with van der Waals surface area (Å²) in [6.45, 7) is 0.455. The van der Waals surface area contributed by atoms with Crippen LogP contribution in [-0.2, 0) is 0 Å². The summed E-state index contributed by atoms with van der Waals surface area (Å²) >= 11 is 0. The van der Waals surface area contributed by atoms with Crippen LogP contribution in [0.4, 0.5) is 11.4 Å². The van der Waals surface area contributed by atoms with Crippen molar-refractivity contribution < 1.29 is 19.4 Å². The molecule has 1 aliphatic rings. The Labute approximate surface area is 159 Å². The van der Waals surface area contributed by atoms with Gasteiger partial charge in [0.25, 0.3) is 23.2 Å². The second-order valence-electron chi connectivity index (χ2n) is 6.16. The standard InChI is InChI=1S/C16H14N4O6.ClH/c1-17(2)3-4-18-15(21)12-7-10(19(23)24)5-9-6-11(20(25)26)8-13(14(9)12)16(18)22;/h5-8H,3-4H2,1-2H3;1H. The fourth-order valence-corrected chi connectivity index (χ4v) is 2.92. The van der Waals surface area contributed by atoms with E-state index in [1.165, 1.54) is 0 Å². The molecule has 0 saturated carbocycles. The van der Waals surface area contributed by atoms with Gasteiger partial charge in [0.2, 0.25) is 0 Å². The van der Waals surface area contributed by atoms with E-state index < -0.39 is 21.7 Å². The van der Waals surface area contributed by atoms with Crippen LogP contribution in [0.2, 0.25) is 0 Å². The van der Waals surface area contributed by atoms with E-state index >= 15 is 0 Å². The normalized spacial score (nSPS) is 13.1. The molecule has 11 heteroatoms. The number of hydrogen-bond acceptors (Lipinski definition) is 7. The van der Waals surface area contributed by atoms with Gasteiger partial charge in [-0.3, -0.25) is 34.7 Å². The first-order valence-corrected chi connectivity index (χ1v) is 7.62. The lowest BCUT2D eigenvalue weighted by Gasteiger charge is -2.28. The number of amides is 2. The predicted molar refractivity (Wildman–Crippen MR) is 98.4 cm³/mol. The monoisotopic (exact) mass is 394 g/mol. The fourth-order valence-electron chi connectivity index (χ4n) is 2.92. The zero-order valence-electron chi connectivity index (χ0n) is 14.4. The van der Waals surface area contributed by atoms with Crippen LogP contribution in [0.1, 0.15) is 20.7 Å². The second-order valence-corrected chi connectivity index (χ2v) is 6.16. The highest BCUT2D eigenvalue weighted by atomic mass is 35.5. The van der Waals surface area contributed by atoms with E-state index in [9.17, 15) is 29.8 Å². The molecule has 0 aliphatic carbocycles. The lowest BCUT2D eigenvalue weighted by atomic mass is 9.92. The molecule has 3 rings (SSSR count). The van der Waals surface area contributed by atoms with E-state index in [0.29, 0.717) is 6.54 Å². The van der Waals surface area contributed by atoms with Gasteiger partial charge in [0.05, 0.1) is 21.0 Å². The topological polar surface area (TPSA) is 127 Å². The molecule has 2 aromatic carbocycles. The summed E-state index contributed by atoms with van der Waals surface area (Å²) < 4.78 is 0. The van der Waals surface area contributed by atoms with Gasteiger partial charge in [0, 0.05) is 42.7 Å². The number of carbonyl (C=O) groups is 2. The van der Waals surface area contributed by atoms with Crippen molar-refractivity contribution in [2.45, 2.75) is 0 Å². The molecule has 2 aromatic rings. The minimum absolute atomic E-state index is 0. The molecule has 1 aliphatic heterocycles. The highest BCUT2D eigenvalue weighted by Crippen LogP contribution is 2.36. The Hall–Kier alpha value is -3.11. The molecule has 0 atom stereocenters. The zero-order chi connectivity index (χ0) is 19.2. The number of benzene rings is 2. The SMILES string of the molecule is CN(C)CCN1C(=O)c2cc([N+](=O)[O-])cc3cc([N+](=O)[O-])cc(c23)C1=O.Cl. The average Bonchev–Trinajstić information content (AvgIpc) is 2.57. The molecule has 0 N–H and O–H groups in total. The van der Waals surface area contributed by atoms with Crippen LogP contribution in [0.5, 0.6) is 0 Å². The van der Waals surface area contributed by atoms with Crippen LogP contribution in [0, 0.1) is 20.2 Å². The molecule has 0 radical (unpaired) electrons. The third kappa shape index (κ3) is 3.44. The first-order chi connectivity index (χ1) is 12.2. The van der Waals surface area contributed by atoms with Gasteiger partial charge < -0.3 is 4.90 Å². The predicted octanol–water partition coefficient (Wildman–Crippen LogP) is 2.24. The van der Waals surface area contributed by atoms with Gasteiger partial charge in [-0.15, -0.1) is 12.4 Å². The van der Waals surface area contributed by atoms with Gasteiger partial charge >= 0.3 is 0 Å². The largest absolute Gasteiger partial charge is 0.308 e. The molecule has 0 saturated heterocycles. The number of imide groups is 1. The fraction of sp³-hybridized carbons (Fsp3) is 0.250. The maximum absolute atomic E-state index is 12.7. The minimum Gasteiger partial charge on any atom is -0.308 e. The number of likely N-dealkylation sites (N-methyl/N-ethyl adjacent to an activating group) is 1. The summed E-state index contributed by atoms with van der Waals surface area (Å²) in [5.41, 5.74) is -0.738. The van der Waals surface area contributed by atoms with Gasteiger partial charge in [-0.05, 0) is 19.5 Å². The summed E-state index contributed by atoms with van der Waals surface area (Å²) in [5.74, 6) is -1.29. The van der Waals surface area contributed by atoms with Crippen molar-refractivity contribution >= 4 is 46.4 Å². The average molecular weight is 395 g/mol. The number of nitro groups is 2. The van der Waals surface area contributed by atoms with E-state index in [2.05, 4.69) is 0 Å². The maximum atomic E-state index is 12.7. The summed E-state index contributed by atoms with van der Waals surface area (Å²) in [4.78, 5) is 49.2. The Kier molecular flexibility index (Phi) is 5.43. The van der Waals surface area contributed by atoms with Crippen molar-refractivity contribution in [3.63, 3.8) is 0 Å². The molecule has 10 nitrogen and oxygen atoms in total. The van der Waals surface area contributed by atoms with Crippen LogP contribution in [-0.4, -0.2) is 58.6 Å². The van der Waals surface area contributed by atoms with E-state index in [1.54, 1.807) is 19.0 Å². The second kappa shape index (κ2) is 7.25. The van der Waals surface area contributed by atoms with Crippen LogP contribution in [0.25, 0.3) is 10.8 Å². The minimum atomic E-state index is -0.678. The van der Waals surface area contributed by atoms with Crippen molar-refractivity contribution in [2.24, 2.45) is 0 Å². The lowest BCUT2D eigenvalue weighted by Crippen LogP contribution is -2.43. The smallest absolute Gasteiger partial charge is 0.270 e. The number of nitrogens with zero attached hydrogens (tertiary/aromatic N) is 4. The first kappa shape index (κ1) is 20.2. The van der Waals surface area contributed by atoms with E-state index in [1.807, 2.05) is 0 Å². The van der Waals surface area contributed by atoms with Crippen molar-refractivity contribution in [3.8, 4) is 0 Å². The first-order valence-electron chi connectivity index (χ1n) is 7.62. The molecular formula is C16H15ClN4O6. The molecule has 0 spiro atoms. The summed E-state index contributed by atoms with van der Waals surface area (Å²) in [6.07, 6.45) is 0. The third-order valence-corrected chi connectivity index (χ3v) is 4.16. The van der Waals surface area contributed by atoms with Crippen LogP contribution in [0.3, 0.4) is 0 Å². The molecular weight excluding hydrogens is 380 g/mol. The maximum Gasteiger partial charge on any atom is 0.270 e. The molecule has 0 fully saturated rings. The highest BCUT2D eigenvalue weighted by Gasteiger charge is 2.35. The summed E-state index contributed by atoms with van der Waals surface area (Å²) in [5, 5.41) is 22.7. The van der Waals surface area contributed by atoms with Gasteiger partial charge in [-0.1, -0.05) is 0 Å². The van der Waals surface area contributed by atoms with Crippen LogP contribution < -0.4 is 0 Å². The Bertz CT molecular complexity index is 922. The van der Waals surface area contributed by atoms with Gasteiger partial charge in [0.1, 0.15) is 0 Å². The number of non-ortho nitro benzene ring substituents is 2. The van der Waals surface area contributed by atoms with Crippen molar-refractivity contribution in [2.75, 3.05) is 27.2 Å². The van der Waals surface area contributed by atoms with Gasteiger partial charge in [-0.2, -0.15) is 0 Å². The van der Waals surface area contributed by atoms with Crippen LogP contribution in [0.15, 0.2) is 24.3 Å². The zero-order valence-corrected chi connectivity index (χ0v) is 15.2. The Morgan fingerprint density at radius 2 is 1.37 bits per heavy atom. The molecule has 27 heavy (non-hydrogen) atoms. The number of rotatable bonds is 5. The summed E-state index contributed by atoms with van der Waals surface area (Å²) in [7, 11) is 3.53. The molecule has 0 bridgehead atoms. The molecule has 0 aromatic heterocycles. The highest BCUT2D eigenvalue weighted by molar-refractivity contribution is 6.26. The Balaban J connectivity index is 0.00000261. The molecule has 2 amide bonds.